The first-order valence-corrected chi connectivity index (χ1v) is 7.91. The fourth-order valence-corrected chi connectivity index (χ4v) is 2.26. The summed E-state index contributed by atoms with van der Waals surface area (Å²) in [6, 6.07) is 0.995. The van der Waals surface area contributed by atoms with Crippen LogP contribution in [-0.4, -0.2) is 27.5 Å². The Morgan fingerprint density at radius 1 is 1.57 bits per heavy atom. The van der Waals surface area contributed by atoms with E-state index in [4.69, 9.17) is 9.16 Å². The minimum atomic E-state index is -1.52. The van der Waals surface area contributed by atoms with E-state index in [1.165, 1.54) is 6.08 Å². The minimum Gasteiger partial charge on any atom is -0.460 e. The van der Waals surface area contributed by atoms with Crippen LogP contribution in [0.1, 0.15) is 13.3 Å². The third kappa shape index (κ3) is 5.94. The van der Waals surface area contributed by atoms with Crippen LogP contribution in [0.15, 0.2) is 12.7 Å². The molecule has 0 spiro atoms. The van der Waals surface area contributed by atoms with Gasteiger partial charge in [0.05, 0.1) is 6.10 Å². The maximum atomic E-state index is 10.9. The SMILES string of the molecule is C=CC(=O)OC(C)CC[Si](C)(C)OC. The number of esters is 1. The second kappa shape index (κ2) is 5.98. The van der Waals surface area contributed by atoms with Gasteiger partial charge in [-0.25, -0.2) is 4.79 Å². The molecule has 0 heterocycles. The van der Waals surface area contributed by atoms with Crippen LogP contribution < -0.4 is 0 Å². The summed E-state index contributed by atoms with van der Waals surface area (Å²) in [6.07, 6.45) is 1.99. The Balaban J connectivity index is 3.79. The van der Waals surface area contributed by atoms with Crippen molar-refractivity contribution in [2.45, 2.75) is 38.6 Å². The smallest absolute Gasteiger partial charge is 0.330 e. The van der Waals surface area contributed by atoms with Crippen LogP contribution >= 0.6 is 0 Å². The maximum Gasteiger partial charge on any atom is 0.330 e. The molecule has 0 saturated carbocycles. The highest BCUT2D eigenvalue weighted by Crippen LogP contribution is 2.15. The van der Waals surface area contributed by atoms with E-state index in [0.29, 0.717) is 0 Å². The molecule has 1 atom stereocenters. The van der Waals surface area contributed by atoms with Crippen molar-refractivity contribution in [2.24, 2.45) is 0 Å². The van der Waals surface area contributed by atoms with Crippen molar-refractivity contribution in [3.8, 4) is 0 Å². The summed E-state index contributed by atoms with van der Waals surface area (Å²) >= 11 is 0. The summed E-state index contributed by atoms with van der Waals surface area (Å²) in [6.45, 7) is 9.53. The van der Waals surface area contributed by atoms with Gasteiger partial charge < -0.3 is 9.16 Å². The van der Waals surface area contributed by atoms with Crippen LogP contribution in [0.3, 0.4) is 0 Å². The Morgan fingerprint density at radius 3 is 2.57 bits per heavy atom. The summed E-state index contributed by atoms with van der Waals surface area (Å²) < 4.78 is 10.4. The Kier molecular flexibility index (Phi) is 5.72. The molecule has 0 N–H and O–H groups in total. The third-order valence-corrected chi connectivity index (χ3v) is 4.79. The van der Waals surface area contributed by atoms with E-state index in [9.17, 15) is 4.79 Å². The Morgan fingerprint density at radius 2 is 2.14 bits per heavy atom. The minimum absolute atomic E-state index is 0.0533. The normalized spacial score (nSPS) is 13.4. The van der Waals surface area contributed by atoms with E-state index in [-0.39, 0.29) is 12.1 Å². The molecule has 0 aliphatic carbocycles. The summed E-state index contributed by atoms with van der Waals surface area (Å²) in [5.74, 6) is -0.352. The van der Waals surface area contributed by atoms with Crippen molar-refractivity contribution in [2.75, 3.05) is 7.11 Å². The number of hydrogen-bond acceptors (Lipinski definition) is 3. The largest absolute Gasteiger partial charge is 0.460 e. The van der Waals surface area contributed by atoms with Gasteiger partial charge in [0.25, 0.3) is 0 Å². The van der Waals surface area contributed by atoms with Gasteiger partial charge in [-0.2, -0.15) is 0 Å². The number of rotatable bonds is 6. The van der Waals surface area contributed by atoms with Crippen molar-refractivity contribution >= 4 is 14.3 Å². The zero-order chi connectivity index (χ0) is 11.2. The van der Waals surface area contributed by atoms with Crippen molar-refractivity contribution < 1.29 is 14.0 Å². The highest BCUT2D eigenvalue weighted by molar-refractivity contribution is 6.71. The molecule has 3 nitrogen and oxygen atoms in total. The van der Waals surface area contributed by atoms with Crippen molar-refractivity contribution in [1.29, 1.82) is 0 Å². The summed E-state index contributed by atoms with van der Waals surface area (Å²) in [5, 5.41) is 0. The van der Waals surface area contributed by atoms with Gasteiger partial charge in [0, 0.05) is 13.2 Å². The van der Waals surface area contributed by atoms with Crippen LogP contribution in [-0.2, 0) is 14.0 Å². The molecule has 0 bridgehead atoms. The summed E-state index contributed by atoms with van der Waals surface area (Å²) in [5.41, 5.74) is 0. The Hall–Kier alpha value is -0.613. The lowest BCUT2D eigenvalue weighted by molar-refractivity contribution is -0.142. The molecule has 82 valence electrons. The van der Waals surface area contributed by atoms with Crippen LogP contribution in [0.2, 0.25) is 19.1 Å². The van der Waals surface area contributed by atoms with E-state index >= 15 is 0 Å². The number of ether oxygens (including phenoxy) is 1. The molecule has 1 unspecified atom stereocenters. The Labute approximate surface area is 87.2 Å². The highest BCUT2D eigenvalue weighted by Gasteiger charge is 2.21. The van der Waals surface area contributed by atoms with Crippen LogP contribution in [0.5, 0.6) is 0 Å². The summed E-state index contributed by atoms with van der Waals surface area (Å²) in [7, 11) is 0.224. The molecule has 0 aromatic rings. The number of hydrogen-bond donors (Lipinski definition) is 0. The molecule has 14 heavy (non-hydrogen) atoms. The zero-order valence-corrected chi connectivity index (χ0v) is 10.5. The molecule has 0 radical (unpaired) electrons. The van der Waals surface area contributed by atoms with Gasteiger partial charge in [-0.1, -0.05) is 6.58 Å². The van der Waals surface area contributed by atoms with E-state index in [2.05, 4.69) is 19.7 Å². The first-order valence-electron chi connectivity index (χ1n) is 4.79. The predicted octanol–water partition coefficient (Wildman–Crippen LogP) is 2.35. The topological polar surface area (TPSA) is 35.5 Å². The van der Waals surface area contributed by atoms with E-state index < -0.39 is 8.32 Å². The Bertz CT molecular complexity index is 202. The lowest BCUT2D eigenvalue weighted by atomic mass is 10.3. The number of carbonyl (C=O) groups is 1. The molecule has 0 rings (SSSR count). The first kappa shape index (κ1) is 13.4. The van der Waals surface area contributed by atoms with E-state index in [1.807, 2.05) is 6.92 Å². The fraction of sp³-hybridized carbons (Fsp3) is 0.700. The first-order chi connectivity index (χ1) is 6.41. The molecule has 0 aliphatic rings. The van der Waals surface area contributed by atoms with E-state index in [1.54, 1.807) is 7.11 Å². The van der Waals surface area contributed by atoms with Gasteiger partial charge in [-0.15, -0.1) is 0 Å². The molecule has 0 saturated heterocycles. The van der Waals surface area contributed by atoms with Crippen LogP contribution in [0.25, 0.3) is 0 Å². The second-order valence-corrected chi connectivity index (χ2v) is 8.38. The van der Waals surface area contributed by atoms with Crippen LogP contribution in [0, 0.1) is 0 Å². The monoisotopic (exact) mass is 216 g/mol. The summed E-state index contributed by atoms with van der Waals surface area (Å²) in [4.78, 5) is 10.9. The maximum absolute atomic E-state index is 10.9. The average molecular weight is 216 g/mol. The molecule has 0 aromatic carbocycles. The average Bonchev–Trinajstić information content (AvgIpc) is 2.15. The molecular weight excluding hydrogens is 196 g/mol. The zero-order valence-electron chi connectivity index (χ0n) is 9.50. The van der Waals surface area contributed by atoms with Gasteiger partial charge in [0.2, 0.25) is 0 Å². The second-order valence-electron chi connectivity index (χ2n) is 3.95. The van der Waals surface area contributed by atoms with Gasteiger partial charge in [-0.05, 0) is 32.5 Å². The van der Waals surface area contributed by atoms with E-state index in [0.717, 1.165) is 12.5 Å². The predicted molar refractivity (Wildman–Crippen MR) is 59.7 cm³/mol. The van der Waals surface area contributed by atoms with Gasteiger partial charge in [-0.3, -0.25) is 0 Å². The van der Waals surface area contributed by atoms with Gasteiger partial charge in [0.15, 0.2) is 8.32 Å². The molecule has 0 amide bonds. The lowest BCUT2D eigenvalue weighted by Gasteiger charge is -2.21. The van der Waals surface area contributed by atoms with Crippen LogP contribution in [0.4, 0.5) is 0 Å². The highest BCUT2D eigenvalue weighted by atomic mass is 28.4. The molecule has 4 heteroatoms. The molecule has 0 fully saturated rings. The quantitative estimate of drug-likeness (QED) is 0.388. The van der Waals surface area contributed by atoms with Gasteiger partial charge >= 0.3 is 5.97 Å². The molecule has 0 aromatic heterocycles. The molecule has 0 aliphatic heterocycles. The fourth-order valence-electron chi connectivity index (χ4n) is 0.958. The van der Waals surface area contributed by atoms with Crippen molar-refractivity contribution in [3.63, 3.8) is 0 Å². The standard InChI is InChI=1S/C10H20O3Si/c1-6-10(11)13-9(2)7-8-14(4,5)12-3/h6,9H,1,7-8H2,2-5H3. The van der Waals surface area contributed by atoms with Gasteiger partial charge in [0.1, 0.15) is 0 Å². The third-order valence-electron chi connectivity index (χ3n) is 2.19. The number of carbonyl (C=O) groups excluding carboxylic acids is 1. The van der Waals surface area contributed by atoms with Crippen molar-refractivity contribution in [1.82, 2.24) is 0 Å². The molecular formula is C10H20O3Si. The van der Waals surface area contributed by atoms with Crippen molar-refractivity contribution in [3.05, 3.63) is 12.7 Å². The lowest BCUT2D eigenvalue weighted by Crippen LogP contribution is -2.30.